The molecule has 1 saturated heterocycles. The van der Waals surface area contributed by atoms with Crippen molar-refractivity contribution in [1.82, 2.24) is 10.2 Å². The second-order valence-corrected chi connectivity index (χ2v) is 5.74. The van der Waals surface area contributed by atoms with Gasteiger partial charge in [-0.05, 0) is 17.7 Å². The van der Waals surface area contributed by atoms with Crippen molar-refractivity contribution in [3.8, 4) is 0 Å². The highest BCUT2D eigenvalue weighted by Gasteiger charge is 2.46. The van der Waals surface area contributed by atoms with Crippen LogP contribution in [0.2, 0.25) is 15.1 Å². The molecule has 0 aliphatic carbocycles. The van der Waals surface area contributed by atoms with Gasteiger partial charge in [0.05, 0.1) is 10.0 Å². The molecule has 21 heavy (non-hydrogen) atoms. The minimum atomic E-state index is -4.45. The highest BCUT2D eigenvalue weighted by molar-refractivity contribution is 6.43. The average molecular weight is 384 g/mol. The van der Waals surface area contributed by atoms with Crippen molar-refractivity contribution in [1.29, 1.82) is 0 Å². The summed E-state index contributed by atoms with van der Waals surface area (Å²) in [5.41, 5.74) is -0.0985. The fourth-order valence-corrected chi connectivity index (χ4v) is 3.02. The summed E-state index contributed by atoms with van der Waals surface area (Å²) in [7, 11) is 0. The first kappa shape index (κ1) is 19.1. The lowest BCUT2D eigenvalue weighted by molar-refractivity contribution is -0.187. The van der Waals surface area contributed by atoms with E-state index in [1.165, 1.54) is 17.0 Å². The number of alkyl halides is 3. The number of rotatable bonds is 2. The van der Waals surface area contributed by atoms with E-state index >= 15 is 0 Å². The smallest absolute Gasteiger partial charge is 0.314 e. The molecule has 0 bridgehead atoms. The summed E-state index contributed by atoms with van der Waals surface area (Å²) in [6.07, 6.45) is -4.45. The maximum atomic E-state index is 13.4. The number of hydrogen-bond donors (Lipinski definition) is 1. The van der Waals surface area contributed by atoms with Gasteiger partial charge in [0.2, 0.25) is 0 Å². The van der Waals surface area contributed by atoms with Crippen LogP contribution in [0.25, 0.3) is 0 Å². The minimum absolute atomic E-state index is 0. The third-order valence-corrected chi connectivity index (χ3v) is 4.18. The Morgan fingerprint density at radius 1 is 1.10 bits per heavy atom. The molecule has 2 nitrogen and oxygen atoms in total. The van der Waals surface area contributed by atoms with Crippen molar-refractivity contribution in [2.45, 2.75) is 12.2 Å². The molecule has 0 radical (unpaired) electrons. The highest BCUT2D eigenvalue weighted by atomic mass is 35.5. The van der Waals surface area contributed by atoms with Gasteiger partial charge in [-0.25, -0.2) is 0 Å². The summed E-state index contributed by atoms with van der Waals surface area (Å²) >= 11 is 17.6. The molecule has 1 aromatic rings. The van der Waals surface area contributed by atoms with Gasteiger partial charge in [0.1, 0.15) is 6.04 Å². The monoisotopic (exact) mass is 382 g/mol. The number of halogens is 7. The molecule has 2 rings (SSSR count). The van der Waals surface area contributed by atoms with Crippen molar-refractivity contribution in [3.63, 3.8) is 0 Å². The van der Waals surface area contributed by atoms with Gasteiger partial charge in [-0.15, -0.1) is 12.4 Å². The molecule has 0 aromatic heterocycles. The summed E-state index contributed by atoms with van der Waals surface area (Å²) in [5.74, 6) is 0. The number of piperazine rings is 1. The van der Waals surface area contributed by atoms with E-state index in [2.05, 4.69) is 5.32 Å². The fraction of sp³-hybridized carbons (Fsp3) is 0.500. The Bertz CT molecular complexity index is 490. The van der Waals surface area contributed by atoms with E-state index < -0.39 is 12.2 Å². The van der Waals surface area contributed by atoms with E-state index in [1.54, 1.807) is 0 Å². The molecule has 0 amide bonds. The maximum Gasteiger partial charge on any atom is 0.408 e. The van der Waals surface area contributed by atoms with Crippen LogP contribution in [0.15, 0.2) is 12.1 Å². The summed E-state index contributed by atoms with van der Waals surface area (Å²) in [4.78, 5) is 1.34. The Morgan fingerprint density at radius 3 is 2.19 bits per heavy atom. The van der Waals surface area contributed by atoms with Crippen LogP contribution < -0.4 is 5.32 Å². The number of nitrogens with one attached hydrogen (secondary N) is 1. The van der Waals surface area contributed by atoms with E-state index in [4.69, 9.17) is 34.8 Å². The van der Waals surface area contributed by atoms with Crippen LogP contribution in [0.3, 0.4) is 0 Å². The van der Waals surface area contributed by atoms with E-state index in [0.29, 0.717) is 13.1 Å². The van der Waals surface area contributed by atoms with Crippen LogP contribution in [-0.4, -0.2) is 37.3 Å². The van der Waals surface area contributed by atoms with Crippen molar-refractivity contribution in [2.24, 2.45) is 0 Å². The van der Waals surface area contributed by atoms with Gasteiger partial charge in [0, 0.05) is 31.2 Å². The SMILES string of the molecule is Cl.FC(F)(F)[C@@H](c1cc(Cl)cc(Cl)c1Cl)N1CCNCC1. The highest BCUT2D eigenvalue weighted by Crippen LogP contribution is 2.43. The lowest BCUT2D eigenvalue weighted by atomic mass is 10.0. The van der Waals surface area contributed by atoms with Gasteiger partial charge in [-0.3, -0.25) is 4.90 Å². The zero-order valence-corrected chi connectivity index (χ0v) is 13.8. The van der Waals surface area contributed by atoms with Crippen LogP contribution in [0.1, 0.15) is 11.6 Å². The van der Waals surface area contributed by atoms with Gasteiger partial charge in [-0.2, -0.15) is 13.2 Å². The first-order valence-electron chi connectivity index (χ1n) is 5.96. The lowest BCUT2D eigenvalue weighted by Gasteiger charge is -2.36. The standard InChI is InChI=1S/C12H12Cl3F3N2.ClH/c13-7-5-8(10(15)9(14)6-7)11(12(16,17)18)20-3-1-19-2-4-20;/h5-6,11,19H,1-4H2;1H/t11-;/m1./s1. The summed E-state index contributed by atoms with van der Waals surface area (Å²) in [5, 5.41) is 3.08. The summed E-state index contributed by atoms with van der Waals surface area (Å²) < 4.78 is 40.3. The number of nitrogens with zero attached hydrogens (tertiary/aromatic N) is 1. The van der Waals surface area contributed by atoms with E-state index in [0.717, 1.165) is 0 Å². The molecular formula is C12H13Cl4F3N2. The Morgan fingerprint density at radius 2 is 1.67 bits per heavy atom. The van der Waals surface area contributed by atoms with E-state index in [-0.39, 0.29) is 46.1 Å². The largest absolute Gasteiger partial charge is 0.408 e. The number of hydrogen-bond acceptors (Lipinski definition) is 2. The predicted molar refractivity (Wildman–Crippen MR) is 82.0 cm³/mol. The molecular weight excluding hydrogens is 371 g/mol. The third-order valence-electron chi connectivity index (χ3n) is 3.14. The van der Waals surface area contributed by atoms with Gasteiger partial charge in [0.25, 0.3) is 0 Å². The summed E-state index contributed by atoms with van der Waals surface area (Å²) in [6, 6.07) is 0.768. The molecule has 1 N–H and O–H groups in total. The zero-order valence-electron chi connectivity index (χ0n) is 10.7. The molecule has 0 saturated carbocycles. The van der Waals surface area contributed by atoms with Crippen molar-refractivity contribution in [3.05, 3.63) is 32.8 Å². The maximum absolute atomic E-state index is 13.4. The number of benzene rings is 1. The molecule has 1 atom stereocenters. The zero-order chi connectivity index (χ0) is 14.9. The van der Waals surface area contributed by atoms with Gasteiger partial charge >= 0.3 is 6.18 Å². The Hall–Kier alpha value is 0.0900. The normalized spacial score (nSPS) is 18.2. The molecule has 0 unspecified atom stereocenters. The van der Waals surface area contributed by atoms with E-state index in [9.17, 15) is 13.2 Å². The second-order valence-electron chi connectivity index (χ2n) is 4.52. The second kappa shape index (κ2) is 7.57. The topological polar surface area (TPSA) is 15.3 Å². The predicted octanol–water partition coefficient (Wildman–Crippen LogP) is 4.58. The van der Waals surface area contributed by atoms with Gasteiger partial charge < -0.3 is 5.32 Å². The molecule has 1 fully saturated rings. The lowest BCUT2D eigenvalue weighted by Crippen LogP contribution is -2.49. The first-order chi connectivity index (χ1) is 9.30. The molecule has 1 aromatic carbocycles. The Labute approximate surface area is 141 Å². The Balaban J connectivity index is 0.00000220. The van der Waals surface area contributed by atoms with Gasteiger partial charge in [-0.1, -0.05) is 34.8 Å². The van der Waals surface area contributed by atoms with Crippen LogP contribution in [0, 0.1) is 0 Å². The summed E-state index contributed by atoms with van der Waals surface area (Å²) in [6.45, 7) is 1.56. The van der Waals surface area contributed by atoms with Crippen LogP contribution in [0.4, 0.5) is 13.2 Å². The van der Waals surface area contributed by atoms with Crippen LogP contribution >= 0.6 is 47.2 Å². The first-order valence-corrected chi connectivity index (χ1v) is 7.10. The molecule has 1 aliphatic heterocycles. The fourth-order valence-electron chi connectivity index (χ4n) is 2.30. The molecule has 120 valence electrons. The molecule has 0 spiro atoms. The van der Waals surface area contributed by atoms with Gasteiger partial charge in [0.15, 0.2) is 0 Å². The van der Waals surface area contributed by atoms with Crippen molar-refractivity contribution in [2.75, 3.05) is 26.2 Å². The van der Waals surface area contributed by atoms with Crippen LogP contribution in [-0.2, 0) is 0 Å². The quantitative estimate of drug-likeness (QED) is 0.752. The van der Waals surface area contributed by atoms with Crippen molar-refractivity contribution >= 4 is 47.2 Å². The minimum Gasteiger partial charge on any atom is -0.314 e. The molecule has 9 heteroatoms. The molecule has 1 heterocycles. The average Bonchev–Trinajstić information content (AvgIpc) is 2.35. The third kappa shape index (κ3) is 4.53. The van der Waals surface area contributed by atoms with Crippen molar-refractivity contribution < 1.29 is 13.2 Å². The molecule has 1 aliphatic rings. The Kier molecular flexibility index (Phi) is 6.90. The van der Waals surface area contributed by atoms with Crippen LogP contribution in [0.5, 0.6) is 0 Å². The van der Waals surface area contributed by atoms with E-state index in [1.807, 2.05) is 0 Å².